The van der Waals surface area contributed by atoms with Gasteiger partial charge >= 0.3 is 0 Å². The van der Waals surface area contributed by atoms with Crippen molar-refractivity contribution in [2.75, 3.05) is 6.54 Å². The molecule has 0 unspecified atom stereocenters. The maximum Gasteiger partial charge on any atom is 0.191 e. The molecular weight excluding hydrogens is 274 g/mol. The summed E-state index contributed by atoms with van der Waals surface area (Å²) in [6.07, 6.45) is 1.80. The molecule has 0 saturated carbocycles. The summed E-state index contributed by atoms with van der Waals surface area (Å²) in [6.45, 7) is 8.53. The van der Waals surface area contributed by atoms with Crippen LogP contribution in [0.3, 0.4) is 0 Å². The summed E-state index contributed by atoms with van der Waals surface area (Å²) in [5.41, 5.74) is 4.94. The van der Waals surface area contributed by atoms with E-state index in [9.17, 15) is 0 Å². The molecule has 1 aromatic carbocycles. The summed E-state index contributed by atoms with van der Waals surface area (Å²) in [7, 11) is 1.94. The van der Waals surface area contributed by atoms with Gasteiger partial charge in [-0.3, -0.25) is 4.68 Å². The Morgan fingerprint density at radius 3 is 2.68 bits per heavy atom. The van der Waals surface area contributed by atoms with Crippen molar-refractivity contribution >= 4 is 5.96 Å². The van der Waals surface area contributed by atoms with Crippen LogP contribution in [0.2, 0.25) is 0 Å². The molecule has 22 heavy (non-hydrogen) atoms. The minimum absolute atomic E-state index is 0.673. The summed E-state index contributed by atoms with van der Waals surface area (Å²) in [4.78, 5) is 4.67. The summed E-state index contributed by atoms with van der Waals surface area (Å²) in [5.74, 6) is 0.823. The lowest BCUT2D eigenvalue weighted by molar-refractivity contribution is 0.685. The number of rotatable bonds is 5. The van der Waals surface area contributed by atoms with Gasteiger partial charge in [-0.15, -0.1) is 0 Å². The van der Waals surface area contributed by atoms with E-state index >= 15 is 0 Å². The lowest BCUT2D eigenvalue weighted by Crippen LogP contribution is -2.37. The Hall–Kier alpha value is -2.30. The minimum atomic E-state index is 0.673. The Morgan fingerprint density at radius 2 is 2.05 bits per heavy atom. The summed E-state index contributed by atoms with van der Waals surface area (Å²) >= 11 is 0. The van der Waals surface area contributed by atoms with Crippen molar-refractivity contribution in [3.05, 3.63) is 52.8 Å². The topological polar surface area (TPSA) is 54.2 Å². The van der Waals surface area contributed by atoms with E-state index in [0.717, 1.165) is 18.2 Å². The van der Waals surface area contributed by atoms with E-state index in [2.05, 4.69) is 59.7 Å². The molecule has 5 nitrogen and oxygen atoms in total. The zero-order chi connectivity index (χ0) is 15.9. The third-order valence-corrected chi connectivity index (χ3v) is 3.61. The maximum atomic E-state index is 4.67. The van der Waals surface area contributed by atoms with Crippen molar-refractivity contribution in [3.63, 3.8) is 0 Å². The number of aryl methyl sites for hydroxylation is 3. The molecule has 0 fully saturated rings. The molecule has 0 aliphatic heterocycles. The fraction of sp³-hybridized carbons (Fsp3) is 0.412. The molecule has 2 rings (SSSR count). The average molecular weight is 299 g/mol. The predicted octanol–water partition coefficient (Wildman–Crippen LogP) is 2.29. The smallest absolute Gasteiger partial charge is 0.191 e. The van der Waals surface area contributed by atoms with Gasteiger partial charge in [-0.1, -0.05) is 23.8 Å². The SMILES string of the molecule is CCNC(=NCc1ccc(C)cc1C)NCc1ccnn1C. The van der Waals surface area contributed by atoms with Crippen LogP contribution in [-0.2, 0) is 20.1 Å². The normalized spacial score (nSPS) is 11.5. The van der Waals surface area contributed by atoms with Crippen LogP contribution in [0, 0.1) is 13.8 Å². The Bertz CT molecular complexity index is 642. The van der Waals surface area contributed by atoms with Crippen LogP contribution in [0.25, 0.3) is 0 Å². The highest BCUT2D eigenvalue weighted by Crippen LogP contribution is 2.11. The van der Waals surface area contributed by atoms with Crippen molar-refractivity contribution in [1.29, 1.82) is 0 Å². The summed E-state index contributed by atoms with van der Waals surface area (Å²) < 4.78 is 1.86. The highest BCUT2D eigenvalue weighted by atomic mass is 15.3. The number of hydrogen-bond donors (Lipinski definition) is 2. The minimum Gasteiger partial charge on any atom is -0.357 e. The Kier molecular flexibility index (Phi) is 5.58. The van der Waals surface area contributed by atoms with Gasteiger partial charge in [0.1, 0.15) is 0 Å². The van der Waals surface area contributed by atoms with Gasteiger partial charge in [-0.25, -0.2) is 4.99 Å². The first-order valence-corrected chi connectivity index (χ1v) is 7.65. The van der Waals surface area contributed by atoms with Gasteiger partial charge in [0.2, 0.25) is 0 Å². The third kappa shape index (κ3) is 4.35. The van der Waals surface area contributed by atoms with Crippen LogP contribution >= 0.6 is 0 Å². The lowest BCUT2D eigenvalue weighted by atomic mass is 10.1. The number of hydrogen-bond acceptors (Lipinski definition) is 2. The van der Waals surface area contributed by atoms with E-state index < -0.39 is 0 Å². The monoisotopic (exact) mass is 299 g/mol. The van der Waals surface area contributed by atoms with Crippen molar-refractivity contribution < 1.29 is 0 Å². The highest BCUT2D eigenvalue weighted by Gasteiger charge is 2.02. The molecule has 0 spiro atoms. The number of nitrogens with zero attached hydrogens (tertiary/aromatic N) is 3. The van der Waals surface area contributed by atoms with Crippen LogP contribution in [0.15, 0.2) is 35.5 Å². The molecule has 0 radical (unpaired) electrons. The number of aliphatic imine (C=N–C) groups is 1. The molecule has 2 aromatic rings. The molecule has 1 heterocycles. The molecule has 0 saturated heterocycles. The Balaban J connectivity index is 2.01. The van der Waals surface area contributed by atoms with Gasteiger partial charge in [0.05, 0.1) is 18.8 Å². The largest absolute Gasteiger partial charge is 0.357 e. The van der Waals surface area contributed by atoms with Crippen molar-refractivity contribution in [3.8, 4) is 0 Å². The summed E-state index contributed by atoms with van der Waals surface area (Å²) in [6, 6.07) is 8.48. The fourth-order valence-corrected chi connectivity index (χ4v) is 2.28. The molecule has 5 heteroatoms. The van der Waals surface area contributed by atoms with Crippen molar-refractivity contribution in [2.24, 2.45) is 12.0 Å². The van der Waals surface area contributed by atoms with E-state index in [1.54, 1.807) is 6.20 Å². The second kappa shape index (κ2) is 7.64. The van der Waals surface area contributed by atoms with Crippen LogP contribution < -0.4 is 10.6 Å². The Labute approximate surface area is 132 Å². The first-order chi connectivity index (χ1) is 10.6. The van der Waals surface area contributed by atoms with Crippen LogP contribution in [-0.4, -0.2) is 22.3 Å². The molecule has 0 bridgehead atoms. The van der Waals surface area contributed by atoms with Gasteiger partial charge in [-0.05, 0) is 38.0 Å². The van der Waals surface area contributed by atoms with E-state index in [1.165, 1.54) is 16.7 Å². The Morgan fingerprint density at radius 1 is 1.23 bits per heavy atom. The zero-order valence-corrected chi connectivity index (χ0v) is 13.8. The summed E-state index contributed by atoms with van der Waals surface area (Å²) in [5, 5.41) is 10.8. The molecule has 0 aliphatic rings. The van der Waals surface area contributed by atoms with Gasteiger partial charge in [0.15, 0.2) is 5.96 Å². The number of guanidine groups is 1. The van der Waals surface area contributed by atoms with Gasteiger partial charge in [0.25, 0.3) is 0 Å². The second-order valence-corrected chi connectivity index (χ2v) is 5.42. The lowest BCUT2D eigenvalue weighted by Gasteiger charge is -2.12. The molecule has 0 aliphatic carbocycles. The predicted molar refractivity (Wildman–Crippen MR) is 90.8 cm³/mol. The molecule has 0 amide bonds. The molecule has 118 valence electrons. The fourth-order valence-electron chi connectivity index (χ4n) is 2.28. The van der Waals surface area contributed by atoms with Crippen LogP contribution in [0.4, 0.5) is 0 Å². The van der Waals surface area contributed by atoms with Crippen LogP contribution in [0.5, 0.6) is 0 Å². The molecular formula is C17H25N5. The van der Waals surface area contributed by atoms with E-state index in [-0.39, 0.29) is 0 Å². The van der Waals surface area contributed by atoms with Crippen molar-refractivity contribution in [1.82, 2.24) is 20.4 Å². The van der Waals surface area contributed by atoms with E-state index in [0.29, 0.717) is 13.1 Å². The molecule has 0 atom stereocenters. The van der Waals surface area contributed by atoms with Crippen molar-refractivity contribution in [2.45, 2.75) is 33.9 Å². The number of benzene rings is 1. The average Bonchev–Trinajstić information content (AvgIpc) is 2.89. The van der Waals surface area contributed by atoms with E-state index in [1.807, 2.05) is 17.8 Å². The van der Waals surface area contributed by atoms with E-state index in [4.69, 9.17) is 0 Å². The molecule has 1 aromatic heterocycles. The maximum absolute atomic E-state index is 4.67. The van der Waals surface area contributed by atoms with Gasteiger partial charge < -0.3 is 10.6 Å². The first kappa shape index (κ1) is 16.1. The number of nitrogens with one attached hydrogen (secondary N) is 2. The van der Waals surface area contributed by atoms with Gasteiger partial charge in [0, 0.05) is 19.8 Å². The quantitative estimate of drug-likeness (QED) is 0.658. The zero-order valence-electron chi connectivity index (χ0n) is 13.8. The second-order valence-electron chi connectivity index (χ2n) is 5.42. The highest BCUT2D eigenvalue weighted by molar-refractivity contribution is 5.79. The number of aromatic nitrogens is 2. The first-order valence-electron chi connectivity index (χ1n) is 7.65. The standard InChI is InChI=1S/C17H25N5/c1-5-18-17(20-12-16-8-9-21-22(16)4)19-11-15-7-6-13(2)10-14(15)3/h6-10H,5,11-12H2,1-4H3,(H2,18,19,20). The molecule has 2 N–H and O–H groups in total. The van der Waals surface area contributed by atoms with Gasteiger partial charge in [-0.2, -0.15) is 5.10 Å². The van der Waals surface area contributed by atoms with Crippen LogP contribution in [0.1, 0.15) is 29.3 Å². The third-order valence-electron chi connectivity index (χ3n) is 3.61.